The second-order valence-corrected chi connectivity index (χ2v) is 8.08. The lowest BCUT2D eigenvalue weighted by molar-refractivity contribution is -0.137. The molecule has 0 bridgehead atoms. The first-order valence-corrected chi connectivity index (χ1v) is 9.98. The molecule has 2 heterocycles. The van der Waals surface area contributed by atoms with E-state index in [4.69, 9.17) is 27.9 Å². The van der Waals surface area contributed by atoms with Gasteiger partial charge < -0.3 is 14.5 Å². The lowest BCUT2D eigenvalue weighted by Crippen LogP contribution is -2.51. The molecule has 0 aromatic heterocycles. The minimum Gasteiger partial charge on any atom is -0.492 e. The molecule has 1 fully saturated rings. The number of amides is 1. The highest BCUT2D eigenvalue weighted by molar-refractivity contribution is 6.31. The van der Waals surface area contributed by atoms with Crippen LogP contribution in [0.4, 0.5) is 5.69 Å². The molecule has 27 heavy (non-hydrogen) atoms. The monoisotopic (exact) mass is 404 g/mol. The average molecular weight is 405 g/mol. The van der Waals surface area contributed by atoms with Crippen molar-refractivity contribution >= 4 is 34.8 Å². The van der Waals surface area contributed by atoms with Crippen LogP contribution < -0.4 is 9.64 Å². The Balaban J connectivity index is 1.40. The van der Waals surface area contributed by atoms with Crippen molar-refractivity contribution in [3.05, 3.63) is 57.6 Å². The number of benzene rings is 2. The van der Waals surface area contributed by atoms with E-state index < -0.39 is 0 Å². The van der Waals surface area contributed by atoms with Crippen LogP contribution in [0, 0.1) is 12.8 Å². The van der Waals surface area contributed by atoms with E-state index in [2.05, 4.69) is 11.8 Å². The Morgan fingerprint density at radius 1 is 1.04 bits per heavy atom. The predicted molar refractivity (Wildman–Crippen MR) is 109 cm³/mol. The van der Waals surface area contributed by atoms with E-state index in [1.54, 1.807) is 0 Å². The highest BCUT2D eigenvalue weighted by Gasteiger charge is 2.31. The van der Waals surface area contributed by atoms with Crippen LogP contribution in [0.1, 0.15) is 11.1 Å². The van der Waals surface area contributed by atoms with Crippen LogP contribution in [-0.4, -0.2) is 43.6 Å². The fourth-order valence-corrected chi connectivity index (χ4v) is 4.23. The Bertz CT molecular complexity index is 863. The molecule has 6 heteroatoms. The molecular weight excluding hydrogens is 383 g/mol. The van der Waals surface area contributed by atoms with Crippen LogP contribution in [0.15, 0.2) is 36.4 Å². The topological polar surface area (TPSA) is 32.8 Å². The molecule has 2 aliphatic heterocycles. The number of carbonyl (C=O) groups is 1. The highest BCUT2D eigenvalue weighted by atomic mass is 35.5. The van der Waals surface area contributed by atoms with E-state index in [0.29, 0.717) is 31.1 Å². The third-order valence-electron chi connectivity index (χ3n) is 5.38. The van der Waals surface area contributed by atoms with Gasteiger partial charge in [-0.2, -0.15) is 0 Å². The zero-order valence-electron chi connectivity index (χ0n) is 15.3. The number of aryl methyl sites for hydroxylation is 1. The molecule has 1 atom stereocenters. The molecule has 0 aliphatic carbocycles. The molecule has 0 N–H and O–H groups in total. The number of anilines is 1. The molecule has 2 aromatic rings. The molecule has 0 radical (unpaired) electrons. The van der Waals surface area contributed by atoms with Gasteiger partial charge in [0.1, 0.15) is 12.4 Å². The summed E-state index contributed by atoms with van der Waals surface area (Å²) in [6.07, 6.45) is 0.683. The van der Waals surface area contributed by atoms with E-state index >= 15 is 0 Å². The molecular formula is C21H22Cl2N2O2. The fraction of sp³-hybridized carbons (Fsp3) is 0.381. The molecule has 2 aliphatic rings. The van der Waals surface area contributed by atoms with Gasteiger partial charge in [0.05, 0.1) is 5.92 Å². The zero-order valence-corrected chi connectivity index (χ0v) is 16.8. The summed E-state index contributed by atoms with van der Waals surface area (Å²) in [6, 6.07) is 11.6. The van der Waals surface area contributed by atoms with Gasteiger partial charge in [-0.3, -0.25) is 4.79 Å². The third kappa shape index (κ3) is 3.87. The molecule has 1 saturated heterocycles. The largest absolute Gasteiger partial charge is 0.492 e. The first kappa shape index (κ1) is 18.5. The minimum absolute atomic E-state index is 0.143. The first-order chi connectivity index (χ1) is 13.0. The van der Waals surface area contributed by atoms with Gasteiger partial charge in [-0.05, 0) is 54.8 Å². The van der Waals surface area contributed by atoms with Crippen LogP contribution >= 0.6 is 23.2 Å². The number of ether oxygens (including phenoxy) is 1. The quantitative estimate of drug-likeness (QED) is 0.751. The second kappa shape index (κ2) is 7.61. The average Bonchev–Trinajstić information content (AvgIpc) is 2.69. The Morgan fingerprint density at radius 2 is 1.74 bits per heavy atom. The summed E-state index contributed by atoms with van der Waals surface area (Å²) in [5.74, 6) is 0.864. The number of hydrogen-bond donors (Lipinski definition) is 0. The lowest BCUT2D eigenvalue weighted by atomic mass is 9.95. The predicted octanol–water partition coefficient (Wildman–Crippen LogP) is 4.20. The fourth-order valence-electron chi connectivity index (χ4n) is 3.87. The molecule has 2 aromatic carbocycles. The molecule has 0 saturated carbocycles. The summed E-state index contributed by atoms with van der Waals surface area (Å²) in [5.41, 5.74) is 3.37. The van der Waals surface area contributed by atoms with Gasteiger partial charge in [0.15, 0.2) is 0 Å². The molecule has 0 unspecified atom stereocenters. The summed E-state index contributed by atoms with van der Waals surface area (Å²) in [5, 5.41) is 1.42. The Kier molecular flexibility index (Phi) is 5.20. The maximum Gasteiger partial charge on any atom is 0.229 e. The summed E-state index contributed by atoms with van der Waals surface area (Å²) >= 11 is 12.2. The van der Waals surface area contributed by atoms with Gasteiger partial charge in [-0.25, -0.2) is 0 Å². The van der Waals surface area contributed by atoms with Crippen molar-refractivity contribution in [2.75, 3.05) is 37.7 Å². The van der Waals surface area contributed by atoms with Crippen LogP contribution in [0.25, 0.3) is 0 Å². The number of hydrogen-bond acceptors (Lipinski definition) is 3. The van der Waals surface area contributed by atoms with Gasteiger partial charge in [0.2, 0.25) is 5.91 Å². The Labute approximate surface area is 169 Å². The van der Waals surface area contributed by atoms with E-state index in [0.717, 1.165) is 35.1 Å². The molecule has 1 amide bonds. The summed E-state index contributed by atoms with van der Waals surface area (Å²) in [7, 11) is 0. The van der Waals surface area contributed by atoms with Gasteiger partial charge in [-0.15, -0.1) is 0 Å². The molecule has 0 spiro atoms. The number of halogens is 2. The lowest BCUT2D eigenvalue weighted by Gasteiger charge is -2.38. The smallest absolute Gasteiger partial charge is 0.229 e. The van der Waals surface area contributed by atoms with Crippen LogP contribution in [0.3, 0.4) is 0 Å². The van der Waals surface area contributed by atoms with Crippen LogP contribution in [-0.2, 0) is 11.2 Å². The van der Waals surface area contributed by atoms with Crippen molar-refractivity contribution in [3.8, 4) is 5.75 Å². The number of fused-ring (bicyclic) bond motifs is 1. The number of nitrogens with zero attached hydrogens (tertiary/aromatic N) is 2. The van der Waals surface area contributed by atoms with Crippen molar-refractivity contribution < 1.29 is 9.53 Å². The summed E-state index contributed by atoms with van der Waals surface area (Å²) in [6.45, 7) is 5.56. The first-order valence-electron chi connectivity index (χ1n) is 9.22. The number of carbonyl (C=O) groups excluding carboxylic acids is 1. The van der Waals surface area contributed by atoms with Gasteiger partial charge in [-0.1, -0.05) is 29.3 Å². The van der Waals surface area contributed by atoms with E-state index in [1.165, 1.54) is 5.56 Å². The molecule has 142 valence electrons. The van der Waals surface area contributed by atoms with Crippen LogP contribution in [0.5, 0.6) is 5.75 Å². The van der Waals surface area contributed by atoms with Crippen molar-refractivity contribution in [3.63, 3.8) is 0 Å². The zero-order chi connectivity index (χ0) is 19.0. The van der Waals surface area contributed by atoms with Crippen LogP contribution in [0.2, 0.25) is 10.0 Å². The third-order valence-corrected chi connectivity index (χ3v) is 5.85. The second-order valence-electron chi connectivity index (χ2n) is 7.21. The minimum atomic E-state index is -0.143. The Hall–Kier alpha value is -1.91. The SMILES string of the molecule is Cc1ccc(Cl)cc1N1CCN(C(=O)[C@@H]2COc3ccc(Cl)cc3C2)CC1. The molecule has 4 rings (SSSR count). The van der Waals surface area contributed by atoms with Crippen molar-refractivity contribution in [2.45, 2.75) is 13.3 Å². The summed E-state index contributed by atoms with van der Waals surface area (Å²) < 4.78 is 5.79. The van der Waals surface area contributed by atoms with Gasteiger partial charge >= 0.3 is 0 Å². The summed E-state index contributed by atoms with van der Waals surface area (Å²) in [4.78, 5) is 17.2. The van der Waals surface area contributed by atoms with E-state index in [-0.39, 0.29) is 11.8 Å². The van der Waals surface area contributed by atoms with E-state index in [9.17, 15) is 4.79 Å². The van der Waals surface area contributed by atoms with E-state index in [1.807, 2.05) is 41.3 Å². The standard InChI is InChI=1S/C21H22Cl2N2O2/c1-14-2-3-18(23)12-19(14)24-6-8-25(9-7-24)21(26)16-10-15-11-17(22)4-5-20(15)27-13-16/h2-5,11-12,16H,6-10,13H2,1H3/t16-/m0/s1. The van der Waals surface area contributed by atoms with Crippen molar-refractivity contribution in [1.82, 2.24) is 4.90 Å². The Morgan fingerprint density at radius 3 is 2.52 bits per heavy atom. The van der Waals surface area contributed by atoms with Crippen molar-refractivity contribution in [1.29, 1.82) is 0 Å². The van der Waals surface area contributed by atoms with Gasteiger partial charge in [0, 0.05) is 41.9 Å². The maximum atomic E-state index is 13.0. The number of piperazine rings is 1. The normalized spacial score (nSPS) is 19.4. The molecule has 4 nitrogen and oxygen atoms in total. The maximum absolute atomic E-state index is 13.0. The van der Waals surface area contributed by atoms with Gasteiger partial charge in [0.25, 0.3) is 0 Å². The van der Waals surface area contributed by atoms with Crippen molar-refractivity contribution in [2.24, 2.45) is 5.92 Å². The number of rotatable bonds is 2. The highest BCUT2D eigenvalue weighted by Crippen LogP contribution is 2.31.